The highest BCUT2D eigenvalue weighted by Crippen LogP contribution is 2.24. The number of aliphatic hydroxyl groups excluding tert-OH is 1. The van der Waals surface area contributed by atoms with Crippen LogP contribution in [0.1, 0.15) is 34.4 Å². The minimum atomic E-state index is -1.20. The molecule has 1 aliphatic heterocycles. The van der Waals surface area contributed by atoms with Gasteiger partial charge < -0.3 is 14.5 Å². The number of pyridine rings is 1. The van der Waals surface area contributed by atoms with Crippen LogP contribution in [0, 0.1) is 18.8 Å². The molecule has 1 unspecified atom stereocenters. The van der Waals surface area contributed by atoms with Gasteiger partial charge in [-0.25, -0.2) is 9.56 Å². The van der Waals surface area contributed by atoms with E-state index in [1.54, 1.807) is 18.3 Å². The van der Waals surface area contributed by atoms with Gasteiger partial charge in [0, 0.05) is 12.5 Å². The summed E-state index contributed by atoms with van der Waals surface area (Å²) in [4.78, 5) is 20.1. The number of aliphatic hydroxyl groups is 1. The van der Waals surface area contributed by atoms with Crippen molar-refractivity contribution in [1.29, 1.82) is 0 Å². The molecular weight excluding hydrogens is 352 g/mol. The van der Waals surface area contributed by atoms with E-state index in [-0.39, 0.29) is 0 Å². The number of carbonyl (C=O) groups excluding carboxylic acids is 1. The van der Waals surface area contributed by atoms with E-state index < -0.39 is 6.10 Å². The Bertz CT molecular complexity index is 1120. The number of aromatic nitrogens is 3. The summed E-state index contributed by atoms with van der Waals surface area (Å²) < 4.78 is 3.98. The molecule has 0 saturated heterocycles. The Balaban J connectivity index is 1.70. The van der Waals surface area contributed by atoms with Gasteiger partial charge in [0.25, 0.3) is 0 Å². The maximum absolute atomic E-state index is 11.1. The molecule has 0 radical (unpaired) electrons. The minimum Gasteiger partial charge on any atom is -0.381 e. The van der Waals surface area contributed by atoms with Crippen LogP contribution in [-0.2, 0) is 11.3 Å². The lowest BCUT2D eigenvalue weighted by Crippen LogP contribution is -2.26. The summed E-state index contributed by atoms with van der Waals surface area (Å²) in [5, 5.41) is 10.0. The molecule has 6 nitrogen and oxygen atoms in total. The molecule has 138 valence electrons. The number of benzene rings is 1. The molecule has 6 heteroatoms. The van der Waals surface area contributed by atoms with Crippen molar-refractivity contribution in [3.63, 3.8) is 0 Å². The van der Waals surface area contributed by atoms with Crippen LogP contribution in [-0.4, -0.2) is 43.3 Å². The van der Waals surface area contributed by atoms with Gasteiger partial charge in [0.1, 0.15) is 30.3 Å². The zero-order chi connectivity index (χ0) is 19.5. The van der Waals surface area contributed by atoms with E-state index in [1.165, 1.54) is 0 Å². The molecule has 0 fully saturated rings. The molecule has 0 saturated carbocycles. The third-order valence-electron chi connectivity index (χ3n) is 4.60. The Kier molecular flexibility index (Phi) is 4.83. The molecule has 1 aliphatic rings. The number of rotatable bonds is 3. The monoisotopic (exact) mass is 371 g/mol. The number of aryl methyl sites for hydroxylation is 1. The van der Waals surface area contributed by atoms with Gasteiger partial charge in [-0.2, -0.15) is 0 Å². The average molecular weight is 371 g/mol. The summed E-state index contributed by atoms with van der Waals surface area (Å²) in [7, 11) is 0. The lowest BCUT2D eigenvalue weighted by Gasteiger charge is -2.15. The first-order chi connectivity index (χ1) is 13.7. The maximum Gasteiger partial charge on any atom is 0.329 e. The highest BCUT2D eigenvalue weighted by molar-refractivity contribution is 5.73. The topological polar surface area (TPSA) is 71.0 Å². The standard InChI is InChI=1S/C22H19N4O2/c1-16-7-10-19(20(28)15-27)22(24-16)25-11-12-26-18(13-23-21(26)14-25)9-8-17-5-3-2-4-6-17/h2-7,10,13-15,20,28H,11-12H2,1H3/q+1. The second-order valence-electron chi connectivity index (χ2n) is 6.54. The number of fused-ring (bicyclic) bond motifs is 1. The lowest BCUT2D eigenvalue weighted by molar-refractivity contribution is -0.445. The molecule has 1 atom stereocenters. The Hall–Kier alpha value is -3.56. The predicted molar refractivity (Wildman–Crippen MR) is 105 cm³/mol. The third kappa shape index (κ3) is 3.48. The first-order valence-corrected chi connectivity index (χ1v) is 9.01. The first-order valence-electron chi connectivity index (χ1n) is 9.01. The van der Waals surface area contributed by atoms with E-state index in [9.17, 15) is 9.90 Å². The number of aldehydes is 1. The van der Waals surface area contributed by atoms with Crippen LogP contribution < -0.4 is 0 Å². The molecule has 0 aliphatic carbocycles. The summed E-state index contributed by atoms with van der Waals surface area (Å²) in [6, 6.07) is 13.3. The SMILES string of the molecule is Cc1ccc(C(O)C=O)c([N+]2=Cc3ncc(C#Cc4ccccc4)n3CC2)n1. The number of hydrogen-bond acceptors (Lipinski definition) is 4. The lowest BCUT2D eigenvalue weighted by atomic mass is 10.1. The van der Waals surface area contributed by atoms with E-state index >= 15 is 0 Å². The summed E-state index contributed by atoms with van der Waals surface area (Å²) in [5.74, 6) is 7.68. The fourth-order valence-corrected chi connectivity index (χ4v) is 3.15. The Labute approximate surface area is 162 Å². The Morgan fingerprint density at radius 2 is 2.04 bits per heavy atom. The summed E-state index contributed by atoms with van der Waals surface area (Å²) in [6.07, 6.45) is 2.94. The molecule has 28 heavy (non-hydrogen) atoms. The zero-order valence-electron chi connectivity index (χ0n) is 15.4. The third-order valence-corrected chi connectivity index (χ3v) is 4.60. The van der Waals surface area contributed by atoms with Gasteiger partial charge in [0.15, 0.2) is 12.1 Å². The first kappa shape index (κ1) is 17.8. The molecule has 1 aromatic carbocycles. The van der Waals surface area contributed by atoms with Crippen molar-refractivity contribution in [2.45, 2.75) is 19.6 Å². The van der Waals surface area contributed by atoms with Crippen molar-refractivity contribution in [1.82, 2.24) is 14.5 Å². The van der Waals surface area contributed by atoms with Crippen LogP contribution in [0.5, 0.6) is 0 Å². The second kappa shape index (κ2) is 7.59. The zero-order valence-corrected chi connectivity index (χ0v) is 15.4. The van der Waals surface area contributed by atoms with Crippen LogP contribution in [0.2, 0.25) is 0 Å². The van der Waals surface area contributed by atoms with Crippen LogP contribution >= 0.6 is 0 Å². The van der Waals surface area contributed by atoms with E-state index in [4.69, 9.17) is 0 Å². The van der Waals surface area contributed by atoms with Gasteiger partial charge in [-0.15, -0.1) is 0 Å². The quantitative estimate of drug-likeness (QED) is 0.434. The Morgan fingerprint density at radius 1 is 1.21 bits per heavy atom. The highest BCUT2D eigenvalue weighted by atomic mass is 16.3. The molecular formula is C22H19N4O2+. The fourth-order valence-electron chi connectivity index (χ4n) is 3.15. The highest BCUT2D eigenvalue weighted by Gasteiger charge is 2.26. The fraction of sp³-hybridized carbons (Fsp3) is 0.182. The Morgan fingerprint density at radius 3 is 2.82 bits per heavy atom. The van der Waals surface area contributed by atoms with Gasteiger partial charge in [0.2, 0.25) is 0 Å². The molecule has 0 bridgehead atoms. The molecule has 0 amide bonds. The second-order valence-corrected chi connectivity index (χ2v) is 6.54. The van der Waals surface area contributed by atoms with E-state index in [0.717, 1.165) is 22.8 Å². The van der Waals surface area contributed by atoms with Crippen LogP contribution in [0.3, 0.4) is 0 Å². The average Bonchev–Trinajstić information content (AvgIpc) is 3.14. The van der Waals surface area contributed by atoms with E-state index in [0.29, 0.717) is 30.8 Å². The smallest absolute Gasteiger partial charge is 0.329 e. The minimum absolute atomic E-state index is 0.487. The summed E-state index contributed by atoms with van der Waals surface area (Å²) >= 11 is 0. The van der Waals surface area contributed by atoms with Crippen molar-refractivity contribution in [3.05, 3.63) is 77.0 Å². The normalized spacial score (nSPS) is 13.7. The van der Waals surface area contributed by atoms with Crippen LogP contribution in [0.4, 0.5) is 5.82 Å². The van der Waals surface area contributed by atoms with Crippen molar-refractivity contribution in [3.8, 4) is 11.8 Å². The van der Waals surface area contributed by atoms with E-state index in [2.05, 4.69) is 26.4 Å². The predicted octanol–water partition coefficient (Wildman–Crippen LogP) is 2.00. The molecule has 0 spiro atoms. The molecule has 2 aromatic heterocycles. The maximum atomic E-state index is 11.1. The van der Waals surface area contributed by atoms with Crippen molar-refractivity contribution >= 4 is 18.3 Å². The summed E-state index contributed by atoms with van der Waals surface area (Å²) in [5.41, 5.74) is 3.10. The van der Waals surface area contributed by atoms with Crippen molar-refractivity contribution < 1.29 is 14.5 Å². The van der Waals surface area contributed by atoms with Crippen LogP contribution in [0.15, 0.2) is 48.7 Å². The molecule has 3 aromatic rings. The number of imidazole rings is 1. The van der Waals surface area contributed by atoms with Crippen molar-refractivity contribution in [2.24, 2.45) is 0 Å². The van der Waals surface area contributed by atoms with Gasteiger partial charge in [-0.3, -0.25) is 0 Å². The molecule has 4 rings (SSSR count). The van der Waals surface area contributed by atoms with E-state index in [1.807, 2.05) is 48.0 Å². The molecule has 3 heterocycles. The number of nitrogens with zero attached hydrogens (tertiary/aromatic N) is 4. The largest absolute Gasteiger partial charge is 0.381 e. The van der Waals surface area contributed by atoms with Crippen molar-refractivity contribution in [2.75, 3.05) is 6.54 Å². The van der Waals surface area contributed by atoms with Gasteiger partial charge in [0.05, 0.1) is 18.3 Å². The van der Waals surface area contributed by atoms with Gasteiger partial charge >= 0.3 is 5.82 Å². The number of carbonyl (C=O) groups is 1. The summed E-state index contributed by atoms with van der Waals surface area (Å²) in [6.45, 7) is 3.19. The molecule has 1 N–H and O–H groups in total. The van der Waals surface area contributed by atoms with Gasteiger partial charge in [-0.1, -0.05) is 24.1 Å². The number of hydrogen-bond donors (Lipinski definition) is 1. The van der Waals surface area contributed by atoms with Crippen LogP contribution in [0.25, 0.3) is 0 Å². The van der Waals surface area contributed by atoms with Gasteiger partial charge in [-0.05, 0) is 35.2 Å².